The summed E-state index contributed by atoms with van der Waals surface area (Å²) in [6.45, 7) is 5.22. The molecule has 6 heteroatoms. The summed E-state index contributed by atoms with van der Waals surface area (Å²) in [4.78, 5) is 18.2. The number of likely N-dealkylation sites (N-methyl/N-ethyl adjacent to an activating group) is 1. The van der Waals surface area contributed by atoms with E-state index in [0.717, 1.165) is 18.8 Å². The quantitative estimate of drug-likeness (QED) is 0.833. The molecule has 1 amide bonds. The first-order valence-corrected chi connectivity index (χ1v) is 7.56. The van der Waals surface area contributed by atoms with Crippen molar-refractivity contribution >= 4 is 17.5 Å². The second kappa shape index (κ2) is 6.30. The van der Waals surface area contributed by atoms with Gasteiger partial charge in [0.25, 0.3) is 5.91 Å². The molecule has 0 radical (unpaired) electrons. The number of piperidine rings is 1. The van der Waals surface area contributed by atoms with Crippen molar-refractivity contribution in [2.75, 3.05) is 20.1 Å². The molecule has 2 N–H and O–H groups in total. The second-order valence-corrected chi connectivity index (χ2v) is 6.09. The van der Waals surface area contributed by atoms with Gasteiger partial charge in [0, 0.05) is 12.7 Å². The van der Waals surface area contributed by atoms with Crippen molar-refractivity contribution < 1.29 is 9.90 Å². The number of carbonyl (C=O) groups is 1. The maximum atomic E-state index is 12.6. The molecule has 1 aromatic rings. The van der Waals surface area contributed by atoms with Gasteiger partial charge < -0.3 is 15.3 Å². The second-order valence-electron chi connectivity index (χ2n) is 5.74. The van der Waals surface area contributed by atoms with Crippen LogP contribution in [0, 0.1) is 6.92 Å². The van der Waals surface area contributed by atoms with E-state index in [-0.39, 0.29) is 17.1 Å². The van der Waals surface area contributed by atoms with Gasteiger partial charge in [0.15, 0.2) is 0 Å². The van der Waals surface area contributed by atoms with E-state index >= 15 is 0 Å². The lowest BCUT2D eigenvalue weighted by Gasteiger charge is -2.42. The van der Waals surface area contributed by atoms with Crippen molar-refractivity contribution in [2.24, 2.45) is 0 Å². The summed E-state index contributed by atoms with van der Waals surface area (Å²) in [6, 6.07) is 3.16. The van der Waals surface area contributed by atoms with E-state index in [4.69, 9.17) is 11.6 Å². The van der Waals surface area contributed by atoms with Gasteiger partial charge in [-0.25, -0.2) is 4.98 Å². The first kappa shape index (κ1) is 16.2. The van der Waals surface area contributed by atoms with Crippen molar-refractivity contribution in [1.29, 1.82) is 0 Å². The number of aromatic nitrogens is 1. The predicted octanol–water partition coefficient (Wildman–Crippen LogP) is 1.62. The molecule has 1 unspecified atom stereocenters. The SMILES string of the molecule is Cc1ccc(C(=O)N(C)C(C)C2(O)CCNCC2)c(Cl)n1. The highest BCUT2D eigenvalue weighted by Gasteiger charge is 2.39. The molecule has 0 aliphatic carbocycles. The van der Waals surface area contributed by atoms with Crippen LogP contribution in [0.3, 0.4) is 0 Å². The van der Waals surface area contributed by atoms with Crippen molar-refractivity contribution in [2.45, 2.75) is 38.3 Å². The molecule has 1 aliphatic rings. The van der Waals surface area contributed by atoms with Crippen LogP contribution in [-0.2, 0) is 0 Å². The molecule has 5 nitrogen and oxygen atoms in total. The number of hydrogen-bond acceptors (Lipinski definition) is 4. The van der Waals surface area contributed by atoms with Gasteiger partial charge in [0.1, 0.15) is 5.15 Å². The summed E-state index contributed by atoms with van der Waals surface area (Å²) < 4.78 is 0. The Bertz CT molecular complexity index is 530. The molecular formula is C15H22ClN3O2. The molecule has 2 heterocycles. The van der Waals surface area contributed by atoms with Gasteiger partial charge in [0.05, 0.1) is 17.2 Å². The first-order chi connectivity index (χ1) is 9.85. The number of nitrogens with one attached hydrogen (secondary N) is 1. The van der Waals surface area contributed by atoms with Gasteiger partial charge in [-0.15, -0.1) is 0 Å². The van der Waals surface area contributed by atoms with Crippen LogP contribution in [0.25, 0.3) is 0 Å². The molecule has 1 aliphatic heterocycles. The minimum absolute atomic E-state index is 0.205. The number of nitrogens with zero attached hydrogens (tertiary/aromatic N) is 2. The lowest BCUT2D eigenvalue weighted by Crippen LogP contribution is -2.56. The molecule has 116 valence electrons. The molecule has 1 atom stereocenters. The molecule has 1 fully saturated rings. The maximum Gasteiger partial charge on any atom is 0.257 e. The normalized spacial score (nSPS) is 19.1. The van der Waals surface area contributed by atoms with E-state index in [1.807, 2.05) is 13.8 Å². The van der Waals surface area contributed by atoms with Crippen LogP contribution >= 0.6 is 11.6 Å². The van der Waals surface area contributed by atoms with Gasteiger partial charge in [-0.1, -0.05) is 11.6 Å². The van der Waals surface area contributed by atoms with Crippen molar-refractivity contribution in [3.8, 4) is 0 Å². The summed E-state index contributed by atoms with van der Waals surface area (Å²) >= 11 is 6.06. The van der Waals surface area contributed by atoms with Gasteiger partial charge in [0.2, 0.25) is 0 Å². The summed E-state index contributed by atoms with van der Waals surface area (Å²) in [5.74, 6) is -0.216. The van der Waals surface area contributed by atoms with E-state index < -0.39 is 5.60 Å². The maximum absolute atomic E-state index is 12.6. The van der Waals surface area contributed by atoms with Crippen LogP contribution in [0.4, 0.5) is 0 Å². The van der Waals surface area contributed by atoms with Crippen LogP contribution in [0.2, 0.25) is 5.15 Å². The number of aliphatic hydroxyl groups is 1. The fraction of sp³-hybridized carbons (Fsp3) is 0.600. The standard InChI is InChI=1S/C15H22ClN3O2/c1-10-4-5-12(13(16)18-10)14(20)19(3)11(2)15(21)6-8-17-9-7-15/h4-5,11,17,21H,6-9H2,1-3H3. The molecule has 0 bridgehead atoms. The van der Waals surface area contributed by atoms with Crippen LogP contribution < -0.4 is 5.32 Å². The van der Waals surface area contributed by atoms with Crippen LogP contribution in [0.1, 0.15) is 35.8 Å². The summed E-state index contributed by atoms with van der Waals surface area (Å²) in [6.07, 6.45) is 1.26. The Labute approximate surface area is 130 Å². The Morgan fingerprint density at radius 3 is 2.67 bits per heavy atom. The lowest BCUT2D eigenvalue weighted by atomic mass is 9.85. The van der Waals surface area contributed by atoms with Crippen LogP contribution in [0.15, 0.2) is 12.1 Å². The first-order valence-electron chi connectivity index (χ1n) is 7.18. The Morgan fingerprint density at radius 1 is 1.48 bits per heavy atom. The average Bonchev–Trinajstić information content (AvgIpc) is 2.46. The van der Waals surface area contributed by atoms with Gasteiger partial charge in [-0.3, -0.25) is 4.79 Å². The molecular weight excluding hydrogens is 290 g/mol. The van der Waals surface area contributed by atoms with E-state index in [9.17, 15) is 9.90 Å². The number of carbonyl (C=O) groups excluding carboxylic acids is 1. The van der Waals surface area contributed by atoms with Crippen molar-refractivity contribution in [3.63, 3.8) is 0 Å². The minimum atomic E-state index is -0.861. The highest BCUT2D eigenvalue weighted by atomic mass is 35.5. The van der Waals surface area contributed by atoms with Crippen LogP contribution in [0.5, 0.6) is 0 Å². The van der Waals surface area contributed by atoms with E-state index in [1.165, 1.54) is 0 Å². The van der Waals surface area contributed by atoms with Crippen molar-refractivity contribution in [3.05, 3.63) is 28.5 Å². The molecule has 0 spiro atoms. The molecule has 0 saturated carbocycles. The van der Waals surface area contributed by atoms with Gasteiger partial charge in [-0.2, -0.15) is 0 Å². The highest BCUT2D eigenvalue weighted by molar-refractivity contribution is 6.32. The third kappa shape index (κ3) is 3.36. The smallest absolute Gasteiger partial charge is 0.257 e. The number of halogens is 1. The summed E-state index contributed by atoms with van der Waals surface area (Å²) in [5, 5.41) is 14.2. The number of aryl methyl sites for hydroxylation is 1. The van der Waals surface area contributed by atoms with E-state index in [1.54, 1.807) is 24.1 Å². The number of pyridine rings is 1. The third-order valence-electron chi connectivity index (χ3n) is 4.37. The lowest BCUT2D eigenvalue weighted by molar-refractivity contribution is -0.0481. The molecule has 1 saturated heterocycles. The van der Waals surface area contributed by atoms with Crippen LogP contribution in [-0.4, -0.2) is 52.7 Å². The van der Waals surface area contributed by atoms with Gasteiger partial charge >= 0.3 is 0 Å². The Kier molecular flexibility index (Phi) is 4.86. The summed E-state index contributed by atoms with van der Waals surface area (Å²) in [7, 11) is 1.70. The van der Waals surface area contributed by atoms with Gasteiger partial charge in [-0.05, 0) is 51.9 Å². The zero-order valence-electron chi connectivity index (χ0n) is 12.7. The Hall–Kier alpha value is -1.17. The molecule has 1 aromatic heterocycles. The fourth-order valence-electron chi connectivity index (χ4n) is 2.69. The number of hydrogen-bond donors (Lipinski definition) is 2. The Morgan fingerprint density at radius 2 is 2.10 bits per heavy atom. The topological polar surface area (TPSA) is 65.5 Å². The molecule has 21 heavy (non-hydrogen) atoms. The van der Waals surface area contributed by atoms with E-state index in [0.29, 0.717) is 18.4 Å². The molecule has 2 rings (SSSR count). The fourth-order valence-corrected chi connectivity index (χ4v) is 2.97. The number of amides is 1. The zero-order valence-corrected chi connectivity index (χ0v) is 13.4. The minimum Gasteiger partial charge on any atom is -0.388 e. The largest absolute Gasteiger partial charge is 0.388 e. The van der Waals surface area contributed by atoms with E-state index in [2.05, 4.69) is 10.3 Å². The number of rotatable bonds is 3. The summed E-state index contributed by atoms with van der Waals surface area (Å²) in [5.41, 5.74) is 0.277. The monoisotopic (exact) mass is 311 g/mol. The zero-order chi connectivity index (χ0) is 15.6. The average molecular weight is 312 g/mol. The Balaban J connectivity index is 2.18. The predicted molar refractivity (Wildman–Crippen MR) is 82.6 cm³/mol. The van der Waals surface area contributed by atoms with Crippen molar-refractivity contribution in [1.82, 2.24) is 15.2 Å². The third-order valence-corrected chi connectivity index (χ3v) is 4.65. The molecule has 0 aromatic carbocycles. The highest BCUT2D eigenvalue weighted by Crippen LogP contribution is 2.27.